The Morgan fingerprint density at radius 3 is 2.67 bits per heavy atom. The predicted octanol–water partition coefficient (Wildman–Crippen LogP) is -0.00592. The molecule has 0 spiro atoms. The molecule has 0 aromatic heterocycles. The third kappa shape index (κ3) is 3.95. The van der Waals surface area contributed by atoms with Crippen LogP contribution in [0.1, 0.15) is 6.92 Å². The minimum Gasteiger partial charge on any atom is -0.318 e. The summed E-state index contributed by atoms with van der Waals surface area (Å²) in [5.74, 6) is 0.0820. The van der Waals surface area contributed by atoms with E-state index in [-0.39, 0.29) is 5.92 Å². The molecule has 52 valence electrons. The van der Waals surface area contributed by atoms with Crippen molar-refractivity contribution in [2.45, 2.75) is 6.92 Å². The fourth-order valence-corrected chi connectivity index (χ4v) is 0.583. The first-order valence-electron chi connectivity index (χ1n) is 2.99. The van der Waals surface area contributed by atoms with Crippen molar-refractivity contribution in [2.24, 2.45) is 11.7 Å². The number of nitrogens with zero attached hydrogens (tertiary/aromatic N) is 2. The van der Waals surface area contributed by atoms with Crippen molar-refractivity contribution < 1.29 is 0 Å². The maximum Gasteiger partial charge on any atom is 0.0666 e. The highest BCUT2D eigenvalue weighted by atomic mass is 15.1. The molecule has 0 radical (unpaired) electrons. The van der Waals surface area contributed by atoms with Crippen molar-refractivity contribution in [3.8, 4) is 6.07 Å². The van der Waals surface area contributed by atoms with Crippen LogP contribution in [0.15, 0.2) is 0 Å². The Morgan fingerprint density at radius 2 is 2.33 bits per heavy atom. The first-order chi connectivity index (χ1) is 4.20. The molecule has 0 aliphatic heterocycles. The maximum absolute atomic E-state index is 8.36. The SMILES string of the molecule is C[C@@H](C#N)CN(C)CN. The van der Waals surface area contributed by atoms with Crippen LogP contribution >= 0.6 is 0 Å². The van der Waals surface area contributed by atoms with Gasteiger partial charge in [-0.1, -0.05) is 0 Å². The molecule has 2 N–H and O–H groups in total. The minimum atomic E-state index is 0.0820. The summed E-state index contributed by atoms with van der Waals surface area (Å²) in [6, 6.07) is 2.13. The lowest BCUT2D eigenvalue weighted by Crippen LogP contribution is -2.29. The van der Waals surface area contributed by atoms with Crippen molar-refractivity contribution in [2.75, 3.05) is 20.3 Å². The molecule has 9 heavy (non-hydrogen) atoms. The second-order valence-electron chi connectivity index (χ2n) is 2.25. The minimum absolute atomic E-state index is 0.0820. The molecule has 0 bridgehead atoms. The summed E-state index contributed by atoms with van der Waals surface area (Å²) in [5.41, 5.74) is 5.29. The zero-order valence-corrected chi connectivity index (χ0v) is 5.96. The van der Waals surface area contributed by atoms with Gasteiger partial charge in [-0.25, -0.2) is 0 Å². The van der Waals surface area contributed by atoms with Gasteiger partial charge in [-0.3, -0.25) is 4.90 Å². The summed E-state index contributed by atoms with van der Waals surface area (Å²) in [5, 5.41) is 8.36. The lowest BCUT2D eigenvalue weighted by Gasteiger charge is -2.13. The largest absolute Gasteiger partial charge is 0.318 e. The first-order valence-corrected chi connectivity index (χ1v) is 2.99. The third-order valence-corrected chi connectivity index (χ3v) is 1.12. The monoisotopic (exact) mass is 127 g/mol. The number of hydrogen-bond donors (Lipinski definition) is 1. The highest BCUT2D eigenvalue weighted by Gasteiger charge is 2.01. The van der Waals surface area contributed by atoms with Crippen molar-refractivity contribution in [1.29, 1.82) is 5.26 Å². The van der Waals surface area contributed by atoms with Gasteiger partial charge in [0.05, 0.1) is 12.0 Å². The molecule has 0 aliphatic rings. The molecule has 0 unspecified atom stereocenters. The Balaban J connectivity index is 3.37. The molecule has 0 saturated carbocycles. The molecule has 0 rings (SSSR count). The molecule has 0 saturated heterocycles. The van der Waals surface area contributed by atoms with Gasteiger partial charge in [0.25, 0.3) is 0 Å². The van der Waals surface area contributed by atoms with Crippen molar-refractivity contribution in [3.63, 3.8) is 0 Å². The van der Waals surface area contributed by atoms with E-state index in [1.54, 1.807) is 0 Å². The van der Waals surface area contributed by atoms with Crippen LogP contribution in [-0.4, -0.2) is 25.2 Å². The zero-order valence-electron chi connectivity index (χ0n) is 5.96. The highest BCUT2D eigenvalue weighted by molar-refractivity contribution is 4.80. The number of nitriles is 1. The normalized spacial score (nSPS) is 13.2. The van der Waals surface area contributed by atoms with Crippen LogP contribution in [0.2, 0.25) is 0 Å². The quantitative estimate of drug-likeness (QED) is 0.543. The molecule has 0 heterocycles. The molecule has 0 aromatic carbocycles. The molecule has 0 amide bonds. The predicted molar refractivity (Wildman–Crippen MR) is 36.5 cm³/mol. The van der Waals surface area contributed by atoms with Crippen LogP contribution in [0.25, 0.3) is 0 Å². The summed E-state index contributed by atoms with van der Waals surface area (Å²) in [6.07, 6.45) is 0. The van der Waals surface area contributed by atoms with Gasteiger partial charge in [-0.15, -0.1) is 0 Å². The summed E-state index contributed by atoms with van der Waals surface area (Å²) in [6.45, 7) is 3.16. The Bertz CT molecular complexity index is 105. The van der Waals surface area contributed by atoms with Gasteiger partial charge >= 0.3 is 0 Å². The number of hydrogen-bond acceptors (Lipinski definition) is 3. The van der Waals surface area contributed by atoms with E-state index in [0.717, 1.165) is 6.54 Å². The molecule has 0 aliphatic carbocycles. The van der Waals surface area contributed by atoms with Gasteiger partial charge in [0.2, 0.25) is 0 Å². The topological polar surface area (TPSA) is 53.0 Å². The number of rotatable bonds is 3. The van der Waals surface area contributed by atoms with E-state index >= 15 is 0 Å². The van der Waals surface area contributed by atoms with E-state index in [9.17, 15) is 0 Å². The molecule has 1 atom stereocenters. The Labute approximate surface area is 56.1 Å². The van der Waals surface area contributed by atoms with Crippen molar-refractivity contribution >= 4 is 0 Å². The van der Waals surface area contributed by atoms with Crippen LogP contribution < -0.4 is 5.73 Å². The zero-order chi connectivity index (χ0) is 7.28. The van der Waals surface area contributed by atoms with Gasteiger partial charge in [0.15, 0.2) is 0 Å². The van der Waals surface area contributed by atoms with Gasteiger partial charge < -0.3 is 5.73 Å². The summed E-state index contributed by atoms with van der Waals surface area (Å²) >= 11 is 0. The second kappa shape index (κ2) is 4.30. The third-order valence-electron chi connectivity index (χ3n) is 1.12. The van der Waals surface area contributed by atoms with E-state index in [4.69, 9.17) is 11.0 Å². The smallest absolute Gasteiger partial charge is 0.0666 e. The number of nitrogens with two attached hydrogens (primary N) is 1. The van der Waals surface area contributed by atoms with E-state index < -0.39 is 0 Å². The Hall–Kier alpha value is -0.590. The molecule has 3 nitrogen and oxygen atoms in total. The summed E-state index contributed by atoms with van der Waals surface area (Å²) in [4.78, 5) is 1.91. The molecule has 0 fully saturated rings. The van der Waals surface area contributed by atoms with E-state index in [2.05, 4.69) is 6.07 Å². The maximum atomic E-state index is 8.36. The fraction of sp³-hybridized carbons (Fsp3) is 0.833. The van der Waals surface area contributed by atoms with Gasteiger partial charge in [-0.05, 0) is 14.0 Å². The first kappa shape index (κ1) is 8.41. The van der Waals surface area contributed by atoms with E-state index in [1.165, 1.54) is 0 Å². The molecular weight excluding hydrogens is 114 g/mol. The van der Waals surface area contributed by atoms with Crippen LogP contribution in [-0.2, 0) is 0 Å². The lowest BCUT2D eigenvalue weighted by molar-refractivity contribution is 0.319. The highest BCUT2D eigenvalue weighted by Crippen LogP contribution is 1.92. The van der Waals surface area contributed by atoms with E-state index in [0.29, 0.717) is 6.67 Å². The lowest BCUT2D eigenvalue weighted by atomic mass is 10.2. The Morgan fingerprint density at radius 1 is 1.78 bits per heavy atom. The standard InChI is InChI=1S/C6H13N3/c1-6(3-7)4-9(2)5-8/h6H,4-5,8H2,1-2H3/t6-/m0/s1. The Kier molecular flexibility index (Phi) is 4.02. The van der Waals surface area contributed by atoms with Crippen LogP contribution in [0.4, 0.5) is 0 Å². The summed E-state index contributed by atoms with van der Waals surface area (Å²) < 4.78 is 0. The van der Waals surface area contributed by atoms with Crippen LogP contribution in [0, 0.1) is 17.2 Å². The molecule has 3 heteroatoms. The second-order valence-corrected chi connectivity index (χ2v) is 2.25. The fourth-order valence-electron chi connectivity index (χ4n) is 0.583. The van der Waals surface area contributed by atoms with Gasteiger partial charge in [0.1, 0.15) is 0 Å². The van der Waals surface area contributed by atoms with Crippen molar-refractivity contribution in [3.05, 3.63) is 0 Å². The average molecular weight is 127 g/mol. The average Bonchev–Trinajstić information content (AvgIpc) is 1.87. The van der Waals surface area contributed by atoms with Gasteiger partial charge in [-0.2, -0.15) is 5.26 Å². The van der Waals surface area contributed by atoms with Crippen molar-refractivity contribution in [1.82, 2.24) is 4.90 Å². The van der Waals surface area contributed by atoms with E-state index in [1.807, 2.05) is 18.9 Å². The molecule has 0 aromatic rings. The van der Waals surface area contributed by atoms with Crippen LogP contribution in [0.5, 0.6) is 0 Å². The van der Waals surface area contributed by atoms with Gasteiger partial charge in [0, 0.05) is 13.2 Å². The molecular formula is C6H13N3. The van der Waals surface area contributed by atoms with Crippen LogP contribution in [0.3, 0.4) is 0 Å². The summed E-state index contributed by atoms with van der Waals surface area (Å²) in [7, 11) is 1.90.